The third-order valence-corrected chi connectivity index (χ3v) is 3.67. The van der Waals surface area contributed by atoms with Gasteiger partial charge in [-0.05, 0) is 43.2 Å². The van der Waals surface area contributed by atoms with Crippen molar-refractivity contribution >= 4 is 0 Å². The molecular weight excluding hydrogens is 222 g/mol. The molecule has 0 spiro atoms. The van der Waals surface area contributed by atoms with Crippen LogP contribution in [0.1, 0.15) is 38.3 Å². The summed E-state index contributed by atoms with van der Waals surface area (Å²) in [4.78, 5) is 0. The molecule has 0 saturated carbocycles. The fourth-order valence-electron chi connectivity index (χ4n) is 3.02. The second-order valence-electron chi connectivity index (χ2n) is 6.35. The summed E-state index contributed by atoms with van der Waals surface area (Å²) in [6.07, 6.45) is 3.03. The molecule has 1 aliphatic rings. The van der Waals surface area contributed by atoms with Crippen LogP contribution in [0.4, 0.5) is 0 Å². The maximum atomic E-state index is 10.3. The first-order chi connectivity index (χ1) is 8.46. The summed E-state index contributed by atoms with van der Waals surface area (Å²) in [6, 6.07) is 9.12. The lowest BCUT2D eigenvalue weighted by molar-refractivity contribution is 0.0361. The summed E-state index contributed by atoms with van der Waals surface area (Å²) in [7, 11) is 0. The van der Waals surface area contributed by atoms with Crippen molar-refractivity contribution in [2.45, 2.75) is 51.7 Å². The van der Waals surface area contributed by atoms with Gasteiger partial charge in [0.05, 0.1) is 5.60 Å². The monoisotopic (exact) mass is 247 g/mol. The Hall–Kier alpha value is -0.860. The van der Waals surface area contributed by atoms with E-state index in [0.717, 1.165) is 19.3 Å². The molecule has 1 unspecified atom stereocenters. The minimum atomic E-state index is -0.594. The van der Waals surface area contributed by atoms with E-state index in [1.807, 2.05) is 6.92 Å². The van der Waals surface area contributed by atoms with E-state index in [0.29, 0.717) is 18.5 Å². The van der Waals surface area contributed by atoms with Crippen LogP contribution in [0.3, 0.4) is 0 Å². The lowest BCUT2D eigenvalue weighted by atomic mass is 9.94. The van der Waals surface area contributed by atoms with Gasteiger partial charge in [0.2, 0.25) is 0 Å². The highest BCUT2D eigenvalue weighted by molar-refractivity contribution is 5.33. The topological polar surface area (TPSA) is 32.3 Å². The fourth-order valence-corrected chi connectivity index (χ4v) is 3.02. The van der Waals surface area contributed by atoms with Gasteiger partial charge in [0.1, 0.15) is 0 Å². The molecule has 0 aliphatic heterocycles. The molecule has 1 aromatic carbocycles. The van der Waals surface area contributed by atoms with Crippen LogP contribution in [-0.2, 0) is 12.8 Å². The molecule has 0 aromatic heterocycles. The normalized spacial score (nSPS) is 18.9. The Morgan fingerprint density at radius 2 is 1.83 bits per heavy atom. The van der Waals surface area contributed by atoms with Crippen molar-refractivity contribution in [1.82, 2.24) is 5.32 Å². The predicted octanol–water partition coefficient (Wildman–Crippen LogP) is 2.54. The maximum absolute atomic E-state index is 10.3. The van der Waals surface area contributed by atoms with Crippen molar-refractivity contribution in [2.24, 2.45) is 5.92 Å². The van der Waals surface area contributed by atoms with E-state index >= 15 is 0 Å². The van der Waals surface area contributed by atoms with E-state index in [1.165, 1.54) is 11.1 Å². The highest BCUT2D eigenvalue weighted by Crippen LogP contribution is 2.22. The van der Waals surface area contributed by atoms with Gasteiger partial charge in [0.25, 0.3) is 0 Å². The summed E-state index contributed by atoms with van der Waals surface area (Å²) < 4.78 is 0. The van der Waals surface area contributed by atoms with Gasteiger partial charge < -0.3 is 10.4 Å². The third-order valence-electron chi connectivity index (χ3n) is 3.67. The van der Waals surface area contributed by atoms with Crippen molar-refractivity contribution in [3.8, 4) is 0 Å². The van der Waals surface area contributed by atoms with E-state index in [-0.39, 0.29) is 0 Å². The third kappa shape index (κ3) is 3.56. The van der Waals surface area contributed by atoms with Gasteiger partial charge >= 0.3 is 0 Å². The molecule has 0 amide bonds. The van der Waals surface area contributed by atoms with Gasteiger partial charge in [-0.3, -0.25) is 0 Å². The summed E-state index contributed by atoms with van der Waals surface area (Å²) in [6.45, 7) is 6.92. The van der Waals surface area contributed by atoms with Crippen molar-refractivity contribution in [3.05, 3.63) is 35.4 Å². The molecule has 1 atom stereocenters. The van der Waals surface area contributed by atoms with Gasteiger partial charge in [0.15, 0.2) is 0 Å². The van der Waals surface area contributed by atoms with Crippen LogP contribution < -0.4 is 5.32 Å². The van der Waals surface area contributed by atoms with Gasteiger partial charge in [-0.2, -0.15) is 0 Å². The highest BCUT2D eigenvalue weighted by atomic mass is 16.3. The van der Waals surface area contributed by atoms with Crippen molar-refractivity contribution < 1.29 is 5.11 Å². The molecule has 0 fully saturated rings. The molecule has 2 nitrogen and oxygen atoms in total. The number of nitrogens with one attached hydrogen (secondary N) is 1. The van der Waals surface area contributed by atoms with Crippen LogP contribution in [0, 0.1) is 5.92 Å². The van der Waals surface area contributed by atoms with Gasteiger partial charge in [-0.1, -0.05) is 38.1 Å². The predicted molar refractivity (Wildman–Crippen MR) is 75.7 cm³/mol. The maximum Gasteiger partial charge on any atom is 0.0746 e. The van der Waals surface area contributed by atoms with E-state index in [1.54, 1.807) is 0 Å². The minimum Gasteiger partial charge on any atom is -0.389 e. The first kappa shape index (κ1) is 13.6. The SMILES string of the molecule is CC(C)CC(C)(O)CNC1Cc2ccccc2C1. The first-order valence-electron chi connectivity index (χ1n) is 6.99. The molecule has 18 heavy (non-hydrogen) atoms. The number of fused-ring (bicyclic) bond motifs is 1. The largest absolute Gasteiger partial charge is 0.389 e. The zero-order valence-corrected chi connectivity index (χ0v) is 11.7. The lowest BCUT2D eigenvalue weighted by Crippen LogP contribution is -2.43. The summed E-state index contributed by atoms with van der Waals surface area (Å²) >= 11 is 0. The number of hydrogen-bond acceptors (Lipinski definition) is 2. The fraction of sp³-hybridized carbons (Fsp3) is 0.625. The molecule has 0 saturated heterocycles. The number of hydrogen-bond donors (Lipinski definition) is 2. The first-order valence-corrected chi connectivity index (χ1v) is 6.99. The van der Waals surface area contributed by atoms with Crippen molar-refractivity contribution in [2.75, 3.05) is 6.54 Å². The van der Waals surface area contributed by atoms with Crippen LogP contribution in [0.15, 0.2) is 24.3 Å². The highest BCUT2D eigenvalue weighted by Gasteiger charge is 2.26. The zero-order chi connectivity index (χ0) is 13.2. The summed E-state index contributed by atoms with van der Waals surface area (Å²) in [5.41, 5.74) is 2.32. The Bertz CT molecular complexity index is 373. The summed E-state index contributed by atoms with van der Waals surface area (Å²) in [5, 5.41) is 13.8. The molecular formula is C16H25NO. The molecule has 0 bridgehead atoms. The van der Waals surface area contributed by atoms with Gasteiger partial charge in [0, 0.05) is 12.6 Å². The number of benzene rings is 1. The molecule has 1 aliphatic carbocycles. The standard InChI is InChI=1S/C16H25NO/c1-12(2)10-16(3,18)11-17-15-8-13-6-4-5-7-14(13)9-15/h4-7,12,15,17-18H,8-11H2,1-3H3. The second-order valence-corrected chi connectivity index (χ2v) is 6.35. The molecule has 0 heterocycles. The lowest BCUT2D eigenvalue weighted by Gasteiger charge is -2.27. The summed E-state index contributed by atoms with van der Waals surface area (Å²) in [5.74, 6) is 0.530. The van der Waals surface area contributed by atoms with E-state index < -0.39 is 5.60 Å². The Morgan fingerprint density at radius 1 is 1.28 bits per heavy atom. The average Bonchev–Trinajstić information content (AvgIpc) is 2.67. The average molecular weight is 247 g/mol. The van der Waals surface area contributed by atoms with E-state index in [2.05, 4.69) is 43.4 Å². The van der Waals surface area contributed by atoms with Gasteiger partial charge in [-0.15, -0.1) is 0 Å². The van der Waals surface area contributed by atoms with E-state index in [9.17, 15) is 5.11 Å². The molecule has 2 heteroatoms. The Morgan fingerprint density at radius 3 is 2.33 bits per heavy atom. The second kappa shape index (κ2) is 5.41. The van der Waals surface area contributed by atoms with Crippen LogP contribution >= 0.6 is 0 Å². The molecule has 100 valence electrons. The van der Waals surface area contributed by atoms with Crippen LogP contribution in [0.5, 0.6) is 0 Å². The molecule has 0 radical (unpaired) electrons. The zero-order valence-electron chi connectivity index (χ0n) is 11.7. The smallest absolute Gasteiger partial charge is 0.0746 e. The number of rotatable bonds is 5. The van der Waals surface area contributed by atoms with Gasteiger partial charge in [-0.25, -0.2) is 0 Å². The molecule has 2 N–H and O–H groups in total. The van der Waals surface area contributed by atoms with Crippen molar-refractivity contribution in [3.63, 3.8) is 0 Å². The number of aliphatic hydroxyl groups is 1. The van der Waals surface area contributed by atoms with Crippen LogP contribution in [0.25, 0.3) is 0 Å². The van der Waals surface area contributed by atoms with E-state index in [4.69, 9.17) is 0 Å². The Balaban J connectivity index is 1.83. The van der Waals surface area contributed by atoms with Crippen LogP contribution in [0.2, 0.25) is 0 Å². The van der Waals surface area contributed by atoms with Crippen molar-refractivity contribution in [1.29, 1.82) is 0 Å². The van der Waals surface area contributed by atoms with Crippen LogP contribution in [-0.4, -0.2) is 23.3 Å². The molecule has 1 aromatic rings. The molecule has 2 rings (SSSR count). The Kier molecular flexibility index (Phi) is 4.08. The quantitative estimate of drug-likeness (QED) is 0.838. The Labute approximate surface area is 110 Å². The minimum absolute atomic E-state index is 0.487.